The third-order valence-electron chi connectivity index (χ3n) is 5.27. The highest BCUT2D eigenvalue weighted by Gasteiger charge is 2.42. The van der Waals surface area contributed by atoms with Crippen LogP contribution in [0.3, 0.4) is 0 Å². The molecule has 0 saturated heterocycles. The zero-order valence-electron chi connectivity index (χ0n) is 15.0. The van der Waals surface area contributed by atoms with E-state index >= 15 is 0 Å². The SMILES string of the molecule is CC1CCCCC1(CN)NS(=O)(=O)c1cc2c(cc1[N+](=O)[O-])OCCO2.Cl. The molecule has 11 heteroatoms. The molecule has 0 bridgehead atoms. The summed E-state index contributed by atoms with van der Waals surface area (Å²) in [7, 11) is -4.18. The molecule has 0 amide bonds. The van der Waals surface area contributed by atoms with Gasteiger partial charge in [0.2, 0.25) is 10.0 Å². The minimum Gasteiger partial charge on any atom is -0.486 e. The molecule has 2 unspecified atom stereocenters. The maximum atomic E-state index is 13.1. The molecular formula is C16H24ClN3O6S. The number of rotatable bonds is 5. The van der Waals surface area contributed by atoms with E-state index in [0.717, 1.165) is 31.4 Å². The summed E-state index contributed by atoms with van der Waals surface area (Å²) >= 11 is 0. The molecule has 0 aromatic heterocycles. The van der Waals surface area contributed by atoms with Crippen LogP contribution in [-0.2, 0) is 10.0 Å². The second-order valence-corrected chi connectivity index (χ2v) is 8.48. The highest BCUT2D eigenvalue weighted by atomic mass is 35.5. The summed E-state index contributed by atoms with van der Waals surface area (Å²) in [5, 5.41) is 11.5. The third-order valence-corrected chi connectivity index (χ3v) is 6.85. The van der Waals surface area contributed by atoms with Crippen molar-refractivity contribution in [3.05, 3.63) is 22.2 Å². The molecular weight excluding hydrogens is 398 g/mol. The lowest BCUT2D eigenvalue weighted by molar-refractivity contribution is -0.388. The Morgan fingerprint density at radius 1 is 1.30 bits per heavy atom. The van der Waals surface area contributed by atoms with E-state index in [-0.39, 0.29) is 49.6 Å². The molecule has 27 heavy (non-hydrogen) atoms. The predicted octanol–water partition coefficient (Wildman–Crippen LogP) is 1.97. The molecule has 3 rings (SSSR count). The van der Waals surface area contributed by atoms with Crippen LogP contribution in [0.25, 0.3) is 0 Å². The van der Waals surface area contributed by atoms with Crippen molar-refractivity contribution in [3.63, 3.8) is 0 Å². The van der Waals surface area contributed by atoms with Crippen molar-refractivity contribution >= 4 is 28.1 Å². The fourth-order valence-electron chi connectivity index (χ4n) is 3.65. The van der Waals surface area contributed by atoms with Gasteiger partial charge in [0.05, 0.1) is 11.0 Å². The number of hydrogen-bond donors (Lipinski definition) is 2. The molecule has 1 aliphatic heterocycles. The first-order chi connectivity index (χ1) is 12.3. The van der Waals surface area contributed by atoms with Gasteiger partial charge in [0.15, 0.2) is 16.4 Å². The van der Waals surface area contributed by atoms with E-state index < -0.39 is 31.1 Å². The summed E-state index contributed by atoms with van der Waals surface area (Å²) in [6.45, 7) is 2.59. The lowest BCUT2D eigenvalue weighted by Gasteiger charge is -2.42. The maximum Gasteiger partial charge on any atom is 0.293 e. The number of halogens is 1. The monoisotopic (exact) mass is 421 g/mol. The molecule has 1 aliphatic carbocycles. The Bertz CT molecular complexity index is 819. The highest BCUT2D eigenvalue weighted by Crippen LogP contribution is 2.40. The van der Waals surface area contributed by atoms with Crippen LogP contribution in [0.5, 0.6) is 11.5 Å². The Hall–Kier alpha value is -1.62. The van der Waals surface area contributed by atoms with Crippen molar-refractivity contribution in [3.8, 4) is 11.5 Å². The van der Waals surface area contributed by atoms with Gasteiger partial charge in [0.25, 0.3) is 5.69 Å². The average Bonchev–Trinajstić information content (AvgIpc) is 2.62. The van der Waals surface area contributed by atoms with Gasteiger partial charge in [0.1, 0.15) is 13.2 Å². The summed E-state index contributed by atoms with van der Waals surface area (Å²) in [6, 6.07) is 2.26. The average molecular weight is 422 g/mol. The molecule has 1 aromatic rings. The van der Waals surface area contributed by atoms with Crippen molar-refractivity contribution in [1.29, 1.82) is 0 Å². The summed E-state index contributed by atoms with van der Waals surface area (Å²) in [4.78, 5) is 10.3. The number of benzene rings is 1. The van der Waals surface area contributed by atoms with Crippen LogP contribution in [0, 0.1) is 16.0 Å². The van der Waals surface area contributed by atoms with E-state index in [1.807, 2.05) is 6.92 Å². The number of nitro groups is 1. The second-order valence-electron chi connectivity index (χ2n) is 6.83. The predicted molar refractivity (Wildman–Crippen MR) is 101 cm³/mol. The minimum absolute atomic E-state index is 0. The van der Waals surface area contributed by atoms with Crippen LogP contribution in [0.2, 0.25) is 0 Å². The molecule has 2 atom stereocenters. The first-order valence-corrected chi connectivity index (χ1v) is 10.1. The van der Waals surface area contributed by atoms with E-state index in [1.165, 1.54) is 0 Å². The Balaban J connectivity index is 0.00000261. The van der Waals surface area contributed by atoms with Crippen LogP contribution in [0.1, 0.15) is 32.6 Å². The maximum absolute atomic E-state index is 13.1. The molecule has 1 heterocycles. The number of ether oxygens (including phenoxy) is 2. The highest BCUT2D eigenvalue weighted by molar-refractivity contribution is 7.89. The number of nitrogens with two attached hydrogens (primary N) is 1. The number of hydrogen-bond acceptors (Lipinski definition) is 7. The van der Waals surface area contributed by atoms with E-state index in [9.17, 15) is 18.5 Å². The standard InChI is InChI=1S/C16H23N3O6S.ClH/c1-11-4-2-3-5-16(11,10-17)18-26(22,23)15-9-14-13(24-6-7-25-14)8-12(15)19(20)21;/h8-9,11,18H,2-7,10,17H2,1H3;1H. The topological polar surface area (TPSA) is 134 Å². The van der Waals surface area contributed by atoms with E-state index in [4.69, 9.17) is 15.2 Å². The van der Waals surface area contributed by atoms with Gasteiger partial charge in [-0.15, -0.1) is 12.4 Å². The van der Waals surface area contributed by atoms with Gasteiger partial charge in [-0.1, -0.05) is 19.8 Å². The quantitative estimate of drug-likeness (QED) is 0.548. The van der Waals surface area contributed by atoms with Crippen LogP contribution in [0.15, 0.2) is 17.0 Å². The molecule has 152 valence electrons. The van der Waals surface area contributed by atoms with Gasteiger partial charge < -0.3 is 15.2 Å². The first kappa shape index (κ1) is 21.7. The number of nitro benzene ring substituents is 1. The molecule has 0 spiro atoms. The molecule has 3 N–H and O–H groups in total. The zero-order valence-corrected chi connectivity index (χ0v) is 16.6. The number of nitrogens with zero attached hydrogens (tertiary/aromatic N) is 1. The summed E-state index contributed by atoms with van der Waals surface area (Å²) in [6.07, 6.45) is 3.31. The number of fused-ring (bicyclic) bond motifs is 1. The van der Waals surface area contributed by atoms with Gasteiger partial charge in [-0.2, -0.15) is 0 Å². The van der Waals surface area contributed by atoms with Crippen LogP contribution < -0.4 is 19.9 Å². The lowest BCUT2D eigenvalue weighted by atomic mass is 9.74. The normalized spacial score (nSPS) is 24.7. The van der Waals surface area contributed by atoms with Crippen molar-refractivity contribution in [1.82, 2.24) is 4.72 Å². The zero-order chi connectivity index (χ0) is 18.9. The van der Waals surface area contributed by atoms with Crippen LogP contribution >= 0.6 is 12.4 Å². The van der Waals surface area contributed by atoms with Crippen LogP contribution in [0.4, 0.5) is 5.69 Å². The first-order valence-electron chi connectivity index (χ1n) is 8.61. The van der Waals surface area contributed by atoms with E-state index in [2.05, 4.69) is 4.72 Å². The van der Waals surface area contributed by atoms with Crippen LogP contribution in [-0.4, -0.2) is 38.6 Å². The Morgan fingerprint density at radius 3 is 2.48 bits per heavy atom. The minimum atomic E-state index is -4.18. The summed E-state index contributed by atoms with van der Waals surface area (Å²) in [5.41, 5.74) is 4.57. The lowest BCUT2D eigenvalue weighted by Crippen LogP contribution is -2.59. The van der Waals surface area contributed by atoms with Gasteiger partial charge in [-0.3, -0.25) is 10.1 Å². The Morgan fingerprint density at radius 2 is 1.93 bits per heavy atom. The Labute approximate surface area is 164 Å². The molecule has 2 aliphatic rings. The smallest absolute Gasteiger partial charge is 0.293 e. The largest absolute Gasteiger partial charge is 0.486 e. The van der Waals surface area contributed by atoms with Crippen molar-refractivity contribution in [2.45, 2.75) is 43.0 Å². The third kappa shape index (κ3) is 4.13. The second kappa shape index (κ2) is 8.17. The van der Waals surface area contributed by atoms with Gasteiger partial charge in [0, 0.05) is 18.2 Å². The molecule has 1 aromatic carbocycles. The van der Waals surface area contributed by atoms with Crippen molar-refractivity contribution in [2.24, 2.45) is 11.7 Å². The molecule has 1 fully saturated rings. The number of nitrogens with one attached hydrogen (secondary N) is 1. The van der Waals surface area contributed by atoms with E-state index in [1.54, 1.807) is 0 Å². The van der Waals surface area contributed by atoms with Gasteiger partial charge in [-0.25, -0.2) is 13.1 Å². The number of sulfonamides is 1. The molecule has 0 radical (unpaired) electrons. The van der Waals surface area contributed by atoms with Gasteiger partial charge in [-0.05, 0) is 18.8 Å². The van der Waals surface area contributed by atoms with Crippen molar-refractivity contribution in [2.75, 3.05) is 19.8 Å². The Kier molecular flexibility index (Phi) is 6.56. The van der Waals surface area contributed by atoms with Crippen molar-refractivity contribution < 1.29 is 22.8 Å². The fraction of sp³-hybridized carbons (Fsp3) is 0.625. The molecule has 9 nitrogen and oxygen atoms in total. The molecule has 1 saturated carbocycles. The fourth-order valence-corrected chi connectivity index (χ4v) is 5.35. The van der Waals surface area contributed by atoms with Gasteiger partial charge >= 0.3 is 0 Å². The summed E-state index contributed by atoms with van der Waals surface area (Å²) < 4.78 is 39.5. The van der Waals surface area contributed by atoms with E-state index in [0.29, 0.717) is 6.42 Å². The summed E-state index contributed by atoms with van der Waals surface area (Å²) in [5.74, 6) is 0.384.